The normalized spacial score (nSPS) is 10.4. The summed E-state index contributed by atoms with van der Waals surface area (Å²) in [7, 11) is 2.87. The Bertz CT molecular complexity index is 780. The molecule has 1 N–H and O–H groups in total. The van der Waals surface area contributed by atoms with Crippen LogP contribution in [0.15, 0.2) is 16.9 Å². The molecule has 0 aromatic carbocycles. The van der Waals surface area contributed by atoms with Crippen molar-refractivity contribution in [2.45, 2.75) is 6.92 Å². The summed E-state index contributed by atoms with van der Waals surface area (Å²) < 4.78 is 5.00. The van der Waals surface area contributed by atoms with Gasteiger partial charge in [-0.15, -0.1) is 0 Å². The first-order chi connectivity index (χ1) is 9.82. The van der Waals surface area contributed by atoms with E-state index in [1.165, 1.54) is 31.1 Å². The summed E-state index contributed by atoms with van der Waals surface area (Å²) in [5, 5.41) is 13.3. The maximum Gasteiger partial charge on any atom is 0.340 e. The molecule has 0 aliphatic heterocycles. The van der Waals surface area contributed by atoms with E-state index >= 15 is 0 Å². The highest BCUT2D eigenvalue weighted by molar-refractivity contribution is 7.11. The van der Waals surface area contributed by atoms with Gasteiger partial charge < -0.3 is 5.11 Å². The molecule has 2 aromatic rings. The first-order valence-electron chi connectivity index (χ1n) is 5.85. The minimum Gasteiger partial charge on any atom is -0.478 e. The quantitative estimate of drug-likeness (QED) is 0.886. The fraction of sp³-hybridized carbons (Fsp3) is 0.250. The third-order valence-electron chi connectivity index (χ3n) is 2.85. The summed E-state index contributed by atoms with van der Waals surface area (Å²) in [5.74, 6) is -1.67. The van der Waals surface area contributed by atoms with Crippen LogP contribution in [0.1, 0.15) is 26.5 Å². The van der Waals surface area contributed by atoms with Gasteiger partial charge in [-0.05, 0) is 24.5 Å². The molecule has 0 aliphatic rings. The van der Waals surface area contributed by atoms with Gasteiger partial charge in [0.1, 0.15) is 16.3 Å². The van der Waals surface area contributed by atoms with E-state index in [1.807, 2.05) is 0 Å². The SMILES string of the molecule is Cc1nsc(N(C)C(=O)c2ccc(=O)n(C)n2)c1C(=O)O. The Morgan fingerprint density at radius 1 is 1.38 bits per heavy atom. The lowest BCUT2D eigenvalue weighted by Crippen LogP contribution is -2.30. The zero-order valence-electron chi connectivity index (χ0n) is 11.5. The Morgan fingerprint density at radius 2 is 2.05 bits per heavy atom. The standard InChI is InChI=1S/C12H12N4O4S/c1-6-9(12(19)20)11(21-14-6)15(2)10(18)7-4-5-8(17)16(3)13-7/h4-5H,1-3H3,(H,19,20). The van der Waals surface area contributed by atoms with Gasteiger partial charge in [0.2, 0.25) is 0 Å². The van der Waals surface area contributed by atoms with Gasteiger partial charge in [0, 0.05) is 20.2 Å². The number of carboxylic acids is 1. The molecule has 0 radical (unpaired) electrons. The second-order valence-electron chi connectivity index (χ2n) is 4.30. The molecule has 0 spiro atoms. The first kappa shape index (κ1) is 14.9. The van der Waals surface area contributed by atoms with E-state index in [-0.39, 0.29) is 21.8 Å². The molecule has 2 heterocycles. The molecule has 2 aromatic heterocycles. The summed E-state index contributed by atoms with van der Waals surface area (Å²) in [6.45, 7) is 1.56. The number of carbonyl (C=O) groups excluding carboxylic acids is 1. The lowest BCUT2D eigenvalue weighted by Gasteiger charge is -2.15. The van der Waals surface area contributed by atoms with Crippen molar-refractivity contribution in [1.29, 1.82) is 0 Å². The highest BCUT2D eigenvalue weighted by Crippen LogP contribution is 2.28. The van der Waals surface area contributed by atoms with E-state index in [4.69, 9.17) is 0 Å². The molecule has 9 heteroatoms. The van der Waals surface area contributed by atoms with Gasteiger partial charge in [-0.2, -0.15) is 9.47 Å². The first-order valence-corrected chi connectivity index (χ1v) is 6.62. The predicted octanol–water partition coefficient (Wildman–Crippen LogP) is 0.520. The molecular formula is C12H12N4O4S. The van der Waals surface area contributed by atoms with Crippen LogP contribution in [0.25, 0.3) is 0 Å². The molecule has 0 atom stereocenters. The summed E-state index contributed by atoms with van der Waals surface area (Å²) in [6, 6.07) is 2.53. The van der Waals surface area contributed by atoms with Crippen molar-refractivity contribution in [2.24, 2.45) is 7.05 Å². The summed E-state index contributed by atoms with van der Waals surface area (Å²) in [4.78, 5) is 36.0. The van der Waals surface area contributed by atoms with Gasteiger partial charge in [-0.1, -0.05) is 0 Å². The number of anilines is 1. The smallest absolute Gasteiger partial charge is 0.340 e. The lowest BCUT2D eigenvalue weighted by molar-refractivity contribution is 0.0697. The Balaban J connectivity index is 2.42. The van der Waals surface area contributed by atoms with Crippen molar-refractivity contribution in [3.63, 3.8) is 0 Å². The Morgan fingerprint density at radius 3 is 2.62 bits per heavy atom. The zero-order chi connectivity index (χ0) is 15.7. The van der Waals surface area contributed by atoms with Crippen LogP contribution in [-0.4, -0.2) is 38.2 Å². The summed E-state index contributed by atoms with van der Waals surface area (Å²) in [6.07, 6.45) is 0. The lowest BCUT2D eigenvalue weighted by atomic mass is 10.2. The zero-order valence-corrected chi connectivity index (χ0v) is 12.3. The summed E-state index contributed by atoms with van der Waals surface area (Å²) in [5.41, 5.74) is 0.0345. The average Bonchev–Trinajstić information content (AvgIpc) is 2.82. The molecule has 0 fully saturated rings. The third-order valence-corrected chi connectivity index (χ3v) is 3.86. The second-order valence-corrected chi connectivity index (χ2v) is 5.05. The molecule has 0 bridgehead atoms. The van der Waals surface area contributed by atoms with Crippen LogP contribution in [0.2, 0.25) is 0 Å². The minimum absolute atomic E-state index is 0.0133. The fourth-order valence-electron chi connectivity index (χ4n) is 1.71. The molecule has 0 saturated heterocycles. The highest BCUT2D eigenvalue weighted by atomic mass is 32.1. The number of amides is 1. The molecule has 110 valence electrons. The van der Waals surface area contributed by atoms with Crippen molar-refractivity contribution < 1.29 is 14.7 Å². The number of aromatic carboxylic acids is 1. The predicted molar refractivity (Wildman–Crippen MR) is 76.0 cm³/mol. The molecule has 21 heavy (non-hydrogen) atoms. The number of hydrogen-bond donors (Lipinski definition) is 1. The fourth-order valence-corrected chi connectivity index (χ4v) is 2.56. The second kappa shape index (κ2) is 5.44. The number of nitrogens with zero attached hydrogens (tertiary/aromatic N) is 4. The minimum atomic E-state index is -1.15. The number of carboxylic acid groups (broad SMARTS) is 1. The van der Waals surface area contributed by atoms with Gasteiger partial charge >= 0.3 is 5.97 Å². The van der Waals surface area contributed by atoms with Crippen LogP contribution in [0.4, 0.5) is 5.00 Å². The van der Waals surface area contributed by atoms with Crippen LogP contribution >= 0.6 is 11.5 Å². The van der Waals surface area contributed by atoms with E-state index in [0.717, 1.165) is 16.2 Å². The van der Waals surface area contributed by atoms with Crippen molar-refractivity contribution in [1.82, 2.24) is 14.2 Å². The molecule has 8 nitrogen and oxygen atoms in total. The van der Waals surface area contributed by atoms with Gasteiger partial charge in [0.05, 0.1) is 5.69 Å². The Labute approximate surface area is 123 Å². The third kappa shape index (κ3) is 2.68. The highest BCUT2D eigenvalue weighted by Gasteiger charge is 2.25. The monoisotopic (exact) mass is 308 g/mol. The molecule has 1 amide bonds. The Kier molecular flexibility index (Phi) is 3.85. The van der Waals surface area contributed by atoms with Gasteiger partial charge in [-0.3, -0.25) is 14.5 Å². The van der Waals surface area contributed by atoms with Crippen LogP contribution in [0.3, 0.4) is 0 Å². The van der Waals surface area contributed by atoms with Gasteiger partial charge in [-0.25, -0.2) is 9.48 Å². The number of aryl methyl sites for hydroxylation is 2. The summed E-state index contributed by atoms with van der Waals surface area (Å²) >= 11 is 0.921. The van der Waals surface area contributed by atoms with E-state index in [9.17, 15) is 19.5 Å². The van der Waals surface area contributed by atoms with Crippen LogP contribution in [0, 0.1) is 6.92 Å². The number of hydrogen-bond acceptors (Lipinski definition) is 6. The van der Waals surface area contributed by atoms with Crippen molar-refractivity contribution in [2.75, 3.05) is 11.9 Å². The van der Waals surface area contributed by atoms with Crippen molar-refractivity contribution >= 4 is 28.4 Å². The van der Waals surface area contributed by atoms with E-state index in [0.29, 0.717) is 5.69 Å². The van der Waals surface area contributed by atoms with E-state index < -0.39 is 11.9 Å². The van der Waals surface area contributed by atoms with E-state index in [2.05, 4.69) is 9.47 Å². The number of aromatic nitrogens is 3. The average molecular weight is 308 g/mol. The van der Waals surface area contributed by atoms with Crippen molar-refractivity contribution in [3.05, 3.63) is 39.4 Å². The van der Waals surface area contributed by atoms with Crippen LogP contribution < -0.4 is 10.5 Å². The molecule has 0 saturated carbocycles. The largest absolute Gasteiger partial charge is 0.478 e. The maximum atomic E-state index is 12.3. The molecule has 0 aliphatic carbocycles. The van der Waals surface area contributed by atoms with Crippen LogP contribution in [0.5, 0.6) is 0 Å². The van der Waals surface area contributed by atoms with Crippen LogP contribution in [-0.2, 0) is 7.05 Å². The molecule has 2 rings (SSSR count). The van der Waals surface area contributed by atoms with E-state index in [1.54, 1.807) is 6.92 Å². The van der Waals surface area contributed by atoms with Gasteiger partial charge in [0.25, 0.3) is 11.5 Å². The molecular weight excluding hydrogens is 296 g/mol. The number of carbonyl (C=O) groups is 2. The Hall–Kier alpha value is -2.55. The number of rotatable bonds is 3. The van der Waals surface area contributed by atoms with Gasteiger partial charge in [0.15, 0.2) is 0 Å². The molecule has 0 unspecified atom stereocenters. The maximum absolute atomic E-state index is 12.3. The topological polar surface area (TPSA) is 105 Å². The van der Waals surface area contributed by atoms with Crippen molar-refractivity contribution in [3.8, 4) is 0 Å².